The second kappa shape index (κ2) is 4.71. The van der Waals surface area contributed by atoms with Gasteiger partial charge in [0.05, 0.1) is 12.7 Å². The highest BCUT2D eigenvalue weighted by Gasteiger charge is 1.94. The van der Waals surface area contributed by atoms with Crippen molar-refractivity contribution >= 4 is 5.78 Å². The Morgan fingerprint density at radius 1 is 1.70 bits per heavy atom. The van der Waals surface area contributed by atoms with Crippen LogP contribution in [0.3, 0.4) is 0 Å². The number of nitrogens with zero attached hydrogens (tertiary/aromatic N) is 1. The monoisotopic (exact) mass is 139 g/mol. The van der Waals surface area contributed by atoms with Gasteiger partial charge < -0.3 is 4.74 Å². The van der Waals surface area contributed by atoms with E-state index >= 15 is 0 Å². The summed E-state index contributed by atoms with van der Waals surface area (Å²) in [4.78, 5) is 10.3. The van der Waals surface area contributed by atoms with Crippen molar-refractivity contribution < 1.29 is 9.53 Å². The lowest BCUT2D eigenvalue weighted by molar-refractivity contribution is -0.121. The molecule has 0 aromatic heterocycles. The highest BCUT2D eigenvalue weighted by Crippen LogP contribution is 1.87. The van der Waals surface area contributed by atoms with E-state index in [1.54, 1.807) is 0 Å². The van der Waals surface area contributed by atoms with Crippen LogP contribution < -0.4 is 0 Å². The van der Waals surface area contributed by atoms with Gasteiger partial charge in [-0.25, -0.2) is 0 Å². The molecule has 0 bridgehead atoms. The van der Waals surface area contributed by atoms with Gasteiger partial charge in [-0.15, -0.1) is 0 Å². The number of hydrogen-bond donors (Lipinski definition) is 0. The van der Waals surface area contributed by atoms with E-state index in [0.29, 0.717) is 5.57 Å². The van der Waals surface area contributed by atoms with Crippen molar-refractivity contribution in [3.05, 3.63) is 12.2 Å². The summed E-state index contributed by atoms with van der Waals surface area (Å²) in [5.74, 6) is -0.0502. The molecule has 0 saturated carbocycles. The van der Waals surface area contributed by atoms with Crippen molar-refractivity contribution in [1.29, 1.82) is 5.26 Å². The van der Waals surface area contributed by atoms with Crippen LogP contribution in [0.1, 0.15) is 6.92 Å². The minimum atomic E-state index is -0.0502. The average molecular weight is 139 g/mol. The van der Waals surface area contributed by atoms with E-state index in [1.807, 2.05) is 6.07 Å². The van der Waals surface area contributed by atoms with E-state index in [2.05, 4.69) is 6.58 Å². The fourth-order valence-electron chi connectivity index (χ4n) is 0.350. The molecule has 0 heterocycles. The van der Waals surface area contributed by atoms with E-state index in [-0.39, 0.29) is 19.0 Å². The quantitative estimate of drug-likeness (QED) is 0.538. The number of rotatable bonds is 4. The Labute approximate surface area is 59.9 Å². The maximum Gasteiger partial charge on any atom is 0.155 e. The van der Waals surface area contributed by atoms with Crippen LogP contribution in [-0.2, 0) is 9.53 Å². The van der Waals surface area contributed by atoms with Crippen LogP contribution in [0.2, 0.25) is 0 Å². The Bertz CT molecular complexity index is 179. The van der Waals surface area contributed by atoms with Crippen molar-refractivity contribution in [1.82, 2.24) is 0 Å². The Kier molecular flexibility index (Phi) is 4.17. The van der Waals surface area contributed by atoms with Gasteiger partial charge in [-0.2, -0.15) is 5.26 Å². The fraction of sp³-hybridized carbons (Fsp3) is 0.429. The summed E-state index contributed by atoms with van der Waals surface area (Å²) in [6.07, 6.45) is 0. The lowest BCUT2D eigenvalue weighted by Gasteiger charge is -1.96. The van der Waals surface area contributed by atoms with Gasteiger partial charge in [-0.1, -0.05) is 6.58 Å². The maximum absolute atomic E-state index is 10.3. The number of carbonyl (C=O) groups is 1. The van der Waals surface area contributed by atoms with Gasteiger partial charge in [0.15, 0.2) is 5.78 Å². The molecular formula is C7H9NO2. The van der Waals surface area contributed by atoms with Crippen LogP contribution in [0.15, 0.2) is 12.2 Å². The molecule has 0 aromatic carbocycles. The molecule has 54 valence electrons. The first kappa shape index (κ1) is 8.86. The van der Waals surface area contributed by atoms with Gasteiger partial charge in [0.1, 0.15) is 6.61 Å². The summed E-state index contributed by atoms with van der Waals surface area (Å²) in [6.45, 7) is 5.00. The van der Waals surface area contributed by atoms with Gasteiger partial charge in [-0.3, -0.25) is 4.79 Å². The number of ketones is 1. The second-order valence-corrected chi connectivity index (χ2v) is 1.91. The number of Topliss-reactive ketones (excluding diaryl/α,β-unsaturated/α-hetero) is 1. The largest absolute Gasteiger partial charge is 0.368 e. The molecule has 3 heteroatoms. The van der Waals surface area contributed by atoms with Crippen molar-refractivity contribution in [2.75, 3.05) is 13.2 Å². The number of nitriles is 1. The molecule has 0 atom stereocenters. The van der Waals surface area contributed by atoms with Crippen molar-refractivity contribution in [3.63, 3.8) is 0 Å². The summed E-state index contributed by atoms with van der Waals surface area (Å²) in [5.41, 5.74) is 0.334. The standard InChI is InChI=1S/C7H9NO2/c1-6(3-8)4-10-5-7(2)9/h1,4-5H2,2H3. The predicted octanol–water partition coefficient (Wildman–Crippen LogP) is 0.672. The molecule has 0 spiro atoms. The Hall–Kier alpha value is -1.14. The van der Waals surface area contributed by atoms with Crippen molar-refractivity contribution in [2.24, 2.45) is 0 Å². The topological polar surface area (TPSA) is 50.1 Å². The summed E-state index contributed by atoms with van der Waals surface area (Å²) in [7, 11) is 0. The number of ether oxygens (including phenoxy) is 1. The molecule has 0 N–H and O–H groups in total. The lowest BCUT2D eigenvalue weighted by atomic mass is 10.4. The van der Waals surface area contributed by atoms with Crippen LogP contribution in [0.25, 0.3) is 0 Å². The van der Waals surface area contributed by atoms with Crippen LogP contribution in [0.5, 0.6) is 0 Å². The molecule has 0 rings (SSSR count). The molecule has 0 fully saturated rings. The molecule has 0 saturated heterocycles. The summed E-state index contributed by atoms with van der Waals surface area (Å²) in [5, 5.41) is 8.19. The first-order chi connectivity index (χ1) is 4.66. The van der Waals surface area contributed by atoms with Crippen molar-refractivity contribution in [2.45, 2.75) is 6.92 Å². The van der Waals surface area contributed by atoms with Crippen molar-refractivity contribution in [3.8, 4) is 6.07 Å². The highest BCUT2D eigenvalue weighted by molar-refractivity contribution is 5.76. The first-order valence-corrected chi connectivity index (χ1v) is 2.82. The van der Waals surface area contributed by atoms with Gasteiger partial charge in [0, 0.05) is 5.57 Å². The molecular weight excluding hydrogens is 130 g/mol. The normalized spacial score (nSPS) is 8.40. The SMILES string of the molecule is C=C(C#N)COCC(C)=O. The van der Waals surface area contributed by atoms with Gasteiger partial charge in [0.25, 0.3) is 0 Å². The number of carbonyl (C=O) groups excluding carboxylic acids is 1. The molecule has 0 aliphatic rings. The number of hydrogen-bond acceptors (Lipinski definition) is 3. The predicted molar refractivity (Wildman–Crippen MR) is 36.3 cm³/mol. The lowest BCUT2D eigenvalue weighted by Crippen LogP contribution is -2.05. The summed E-state index contributed by atoms with van der Waals surface area (Å²) in [6, 6.07) is 1.81. The zero-order chi connectivity index (χ0) is 7.98. The molecule has 0 amide bonds. The van der Waals surface area contributed by atoms with Gasteiger partial charge >= 0.3 is 0 Å². The van der Waals surface area contributed by atoms with Crippen LogP contribution in [-0.4, -0.2) is 19.0 Å². The maximum atomic E-state index is 10.3. The Morgan fingerprint density at radius 2 is 2.30 bits per heavy atom. The zero-order valence-corrected chi connectivity index (χ0v) is 5.89. The van der Waals surface area contributed by atoms with Crippen LogP contribution >= 0.6 is 0 Å². The average Bonchev–Trinajstić information content (AvgIpc) is 1.87. The third kappa shape index (κ3) is 5.01. The molecule has 0 aliphatic heterocycles. The third-order valence-electron chi connectivity index (χ3n) is 0.740. The van der Waals surface area contributed by atoms with Crippen LogP contribution in [0, 0.1) is 11.3 Å². The molecule has 0 radical (unpaired) electrons. The highest BCUT2D eigenvalue weighted by atomic mass is 16.5. The molecule has 3 nitrogen and oxygen atoms in total. The molecule has 0 unspecified atom stereocenters. The van der Waals surface area contributed by atoms with E-state index in [4.69, 9.17) is 10.00 Å². The minimum absolute atomic E-state index is 0.0502. The smallest absolute Gasteiger partial charge is 0.155 e. The summed E-state index contributed by atoms with van der Waals surface area (Å²) < 4.78 is 4.78. The molecule has 0 aromatic rings. The van der Waals surface area contributed by atoms with E-state index in [9.17, 15) is 4.79 Å². The van der Waals surface area contributed by atoms with Crippen LogP contribution in [0.4, 0.5) is 0 Å². The van der Waals surface area contributed by atoms with E-state index in [1.165, 1.54) is 6.92 Å². The first-order valence-electron chi connectivity index (χ1n) is 2.82. The van der Waals surface area contributed by atoms with Gasteiger partial charge in [-0.05, 0) is 6.92 Å². The third-order valence-corrected chi connectivity index (χ3v) is 0.740. The Morgan fingerprint density at radius 3 is 2.70 bits per heavy atom. The zero-order valence-electron chi connectivity index (χ0n) is 5.89. The fourth-order valence-corrected chi connectivity index (χ4v) is 0.350. The van der Waals surface area contributed by atoms with E-state index in [0.717, 1.165) is 0 Å². The molecule has 0 aliphatic carbocycles. The summed E-state index contributed by atoms with van der Waals surface area (Å²) >= 11 is 0. The Balaban J connectivity index is 3.31. The second-order valence-electron chi connectivity index (χ2n) is 1.91. The molecule has 10 heavy (non-hydrogen) atoms. The van der Waals surface area contributed by atoms with E-state index < -0.39 is 0 Å². The van der Waals surface area contributed by atoms with Gasteiger partial charge in [0.2, 0.25) is 0 Å². The minimum Gasteiger partial charge on any atom is -0.368 e.